The lowest BCUT2D eigenvalue weighted by atomic mass is 9.79. The van der Waals surface area contributed by atoms with Gasteiger partial charge in [-0.15, -0.1) is 0 Å². The average molecular weight is 587 g/mol. The van der Waals surface area contributed by atoms with Crippen molar-refractivity contribution in [1.82, 2.24) is 0 Å². The molecular weight excluding hydrogens is 564 g/mol. The van der Waals surface area contributed by atoms with Crippen molar-refractivity contribution in [2.75, 3.05) is 0 Å². The number of phenols is 6. The molecule has 2 atom stereocenters. The third-order valence-corrected chi connectivity index (χ3v) is 8.33. The van der Waals surface area contributed by atoms with Gasteiger partial charge < -0.3 is 39.8 Å². The number of benzene rings is 5. The smallest absolute Gasteiger partial charge is 0.197 e. The van der Waals surface area contributed by atoms with Crippen LogP contribution in [0.5, 0.6) is 40.2 Å². The highest BCUT2D eigenvalue weighted by Crippen LogP contribution is 2.59. The van der Waals surface area contributed by atoms with E-state index >= 15 is 0 Å². The maximum atomic E-state index is 14.5. The largest absolute Gasteiger partial charge is 0.508 e. The molecule has 1 aliphatic carbocycles. The van der Waals surface area contributed by atoms with Gasteiger partial charge in [0, 0.05) is 45.8 Å². The lowest BCUT2D eigenvalue weighted by Crippen LogP contribution is -2.15. The molecule has 2 heterocycles. The van der Waals surface area contributed by atoms with E-state index in [4.69, 9.17) is 9.15 Å². The van der Waals surface area contributed by atoms with E-state index in [2.05, 4.69) is 0 Å². The first-order chi connectivity index (χ1) is 21.2. The lowest BCUT2D eigenvalue weighted by molar-refractivity contribution is 0.103. The summed E-state index contributed by atoms with van der Waals surface area (Å²) in [5.41, 5.74) is 3.00. The van der Waals surface area contributed by atoms with Crippen LogP contribution in [0.25, 0.3) is 33.4 Å². The van der Waals surface area contributed by atoms with Crippen LogP contribution in [0, 0.1) is 0 Å². The first kappa shape index (κ1) is 25.6. The van der Waals surface area contributed by atoms with E-state index in [-0.39, 0.29) is 51.0 Å². The zero-order valence-electron chi connectivity index (χ0n) is 22.6. The second kappa shape index (κ2) is 8.95. The second-order valence-corrected chi connectivity index (χ2v) is 11.0. The SMILES string of the molecule is O=C1c2c(O)cc(O)cc2C2c3c(cc(O)cc3-c3c(-c4ccc(O)cc4)oc4cc(O)cc1c34)OC2c1ccc(O)cc1. The van der Waals surface area contributed by atoms with Crippen molar-refractivity contribution in [2.45, 2.75) is 12.0 Å². The molecule has 2 aliphatic rings. The Morgan fingerprint density at radius 3 is 1.98 bits per heavy atom. The Kier molecular flexibility index (Phi) is 5.21. The van der Waals surface area contributed by atoms with E-state index in [0.29, 0.717) is 44.7 Å². The first-order valence-corrected chi connectivity index (χ1v) is 13.7. The molecule has 0 saturated heterocycles. The zero-order valence-corrected chi connectivity index (χ0v) is 22.6. The van der Waals surface area contributed by atoms with Crippen LogP contribution in [0.3, 0.4) is 0 Å². The summed E-state index contributed by atoms with van der Waals surface area (Å²) in [6.07, 6.45) is -0.812. The molecule has 44 heavy (non-hydrogen) atoms. The summed E-state index contributed by atoms with van der Waals surface area (Å²) in [6, 6.07) is 20.8. The quantitative estimate of drug-likeness (QED) is 0.128. The normalized spacial score (nSPS) is 16.5. The highest BCUT2D eigenvalue weighted by Gasteiger charge is 2.44. The Balaban J connectivity index is 1.56. The molecule has 1 aromatic heterocycles. The van der Waals surface area contributed by atoms with Crippen molar-refractivity contribution < 1.29 is 44.6 Å². The van der Waals surface area contributed by atoms with Crippen LogP contribution in [0.1, 0.15) is 44.6 Å². The Labute approximate surface area is 248 Å². The Morgan fingerprint density at radius 2 is 1.25 bits per heavy atom. The van der Waals surface area contributed by atoms with Crippen molar-refractivity contribution in [3.63, 3.8) is 0 Å². The number of carbonyl (C=O) groups is 1. The predicted molar refractivity (Wildman–Crippen MR) is 159 cm³/mol. The summed E-state index contributed by atoms with van der Waals surface area (Å²) in [4.78, 5) is 14.5. The van der Waals surface area contributed by atoms with E-state index < -0.39 is 23.6 Å². The molecule has 9 heteroatoms. The van der Waals surface area contributed by atoms with Crippen LogP contribution >= 0.6 is 0 Å². The number of hydrogen-bond acceptors (Lipinski definition) is 9. The van der Waals surface area contributed by atoms with Crippen molar-refractivity contribution in [2.24, 2.45) is 0 Å². The summed E-state index contributed by atoms with van der Waals surface area (Å²) >= 11 is 0. The Morgan fingerprint density at radius 1 is 0.614 bits per heavy atom. The summed E-state index contributed by atoms with van der Waals surface area (Å²) in [6.45, 7) is 0. The number of fused-ring (bicyclic) bond motifs is 3. The fourth-order valence-electron chi connectivity index (χ4n) is 6.56. The minimum Gasteiger partial charge on any atom is -0.508 e. The minimum atomic E-state index is -0.812. The monoisotopic (exact) mass is 586 g/mol. The fraction of sp³-hybridized carbons (Fsp3) is 0.0571. The van der Waals surface area contributed by atoms with Crippen LogP contribution in [-0.2, 0) is 0 Å². The minimum absolute atomic E-state index is 0.0326. The average Bonchev–Trinajstić information content (AvgIpc) is 3.55. The van der Waals surface area contributed by atoms with E-state index in [1.807, 2.05) is 0 Å². The van der Waals surface area contributed by atoms with E-state index in [1.165, 1.54) is 54.6 Å². The molecule has 9 nitrogen and oxygen atoms in total. The molecular formula is C35H22O9. The van der Waals surface area contributed by atoms with Crippen molar-refractivity contribution in [3.05, 3.63) is 113 Å². The van der Waals surface area contributed by atoms with Gasteiger partial charge in [0.05, 0.1) is 11.5 Å². The van der Waals surface area contributed by atoms with Gasteiger partial charge in [-0.05, 0) is 71.3 Å². The highest BCUT2D eigenvalue weighted by atomic mass is 16.5. The second-order valence-electron chi connectivity index (χ2n) is 11.0. The molecule has 6 N–H and O–H groups in total. The molecule has 0 amide bonds. The standard InChI is InChI=1S/C35H22O9/c36-17-5-1-15(2-6-17)34-31-22-9-19(38)12-25(41)28(22)33(42)24-11-21(40)14-27-30(24)32(23-10-20(39)13-26(43-34)29(23)31)35(44-27)16-3-7-18(37)8-4-16/h1-14,31,34,36-41H. The molecule has 0 bridgehead atoms. The molecule has 5 aromatic carbocycles. The summed E-state index contributed by atoms with van der Waals surface area (Å²) < 4.78 is 12.8. The van der Waals surface area contributed by atoms with Gasteiger partial charge in [-0.1, -0.05) is 12.1 Å². The number of rotatable bonds is 2. The molecule has 0 spiro atoms. The predicted octanol–water partition coefficient (Wildman–Crippen LogP) is 6.81. The van der Waals surface area contributed by atoms with Crippen LogP contribution in [0.4, 0.5) is 0 Å². The van der Waals surface area contributed by atoms with Gasteiger partial charge in [0.15, 0.2) is 5.78 Å². The van der Waals surface area contributed by atoms with E-state index in [0.717, 1.165) is 6.07 Å². The summed E-state index contributed by atoms with van der Waals surface area (Å²) in [5, 5.41) is 63.9. The maximum absolute atomic E-state index is 14.5. The number of phenolic OH excluding ortho intramolecular Hbond substituents is 6. The molecule has 1 aliphatic heterocycles. The topological polar surface area (TPSA) is 161 Å². The van der Waals surface area contributed by atoms with Crippen LogP contribution < -0.4 is 4.74 Å². The third-order valence-electron chi connectivity index (χ3n) is 8.33. The van der Waals surface area contributed by atoms with Crippen molar-refractivity contribution in [1.29, 1.82) is 0 Å². The number of ketones is 1. The summed E-state index contributed by atoms with van der Waals surface area (Å²) in [7, 11) is 0. The van der Waals surface area contributed by atoms with E-state index in [9.17, 15) is 35.4 Å². The van der Waals surface area contributed by atoms with Crippen molar-refractivity contribution >= 4 is 16.8 Å². The number of aromatic hydroxyl groups is 6. The number of ether oxygens (including phenoxy) is 1. The van der Waals surface area contributed by atoms with Gasteiger partial charge in [-0.25, -0.2) is 0 Å². The number of furan rings is 1. The maximum Gasteiger partial charge on any atom is 0.197 e. The van der Waals surface area contributed by atoms with Gasteiger partial charge in [-0.2, -0.15) is 0 Å². The molecule has 8 rings (SSSR count). The third kappa shape index (κ3) is 3.62. The highest BCUT2D eigenvalue weighted by molar-refractivity contribution is 6.23. The van der Waals surface area contributed by atoms with Crippen molar-refractivity contribution in [3.8, 4) is 62.7 Å². The summed E-state index contributed by atoms with van der Waals surface area (Å²) in [5.74, 6) is -1.87. The molecule has 0 saturated carbocycles. The first-order valence-electron chi connectivity index (χ1n) is 13.7. The molecule has 6 aromatic rings. The zero-order chi connectivity index (χ0) is 30.4. The Bertz CT molecular complexity index is 2180. The molecule has 216 valence electrons. The van der Waals surface area contributed by atoms with Crippen LogP contribution in [0.15, 0.2) is 89.3 Å². The molecule has 2 unspecified atom stereocenters. The van der Waals surface area contributed by atoms with Crippen LogP contribution in [-0.4, -0.2) is 36.4 Å². The van der Waals surface area contributed by atoms with Gasteiger partial charge >= 0.3 is 0 Å². The van der Waals surface area contributed by atoms with Gasteiger partial charge in [0.25, 0.3) is 0 Å². The fourth-order valence-corrected chi connectivity index (χ4v) is 6.56. The van der Waals surface area contributed by atoms with Gasteiger partial charge in [-0.3, -0.25) is 4.79 Å². The molecule has 0 fully saturated rings. The van der Waals surface area contributed by atoms with Gasteiger partial charge in [0.2, 0.25) is 0 Å². The number of hydrogen-bond donors (Lipinski definition) is 6. The molecule has 0 radical (unpaired) electrons. The Hall–Kier alpha value is -6.09. The van der Waals surface area contributed by atoms with E-state index in [1.54, 1.807) is 24.3 Å². The lowest BCUT2D eigenvalue weighted by Gasteiger charge is -2.23. The number of carbonyl (C=O) groups excluding carboxylic acids is 1. The van der Waals surface area contributed by atoms with Crippen LogP contribution in [0.2, 0.25) is 0 Å². The van der Waals surface area contributed by atoms with Gasteiger partial charge in [0.1, 0.15) is 57.7 Å².